The van der Waals surface area contributed by atoms with Crippen LogP contribution in [0.15, 0.2) is 41.0 Å². The number of nitrogens with zero attached hydrogens (tertiary/aromatic N) is 1. The van der Waals surface area contributed by atoms with E-state index in [1.807, 2.05) is 43.1 Å². The summed E-state index contributed by atoms with van der Waals surface area (Å²) in [6.07, 6.45) is 1.62. The van der Waals surface area contributed by atoms with Crippen molar-refractivity contribution in [1.82, 2.24) is 4.90 Å². The van der Waals surface area contributed by atoms with E-state index in [2.05, 4.69) is 5.32 Å². The van der Waals surface area contributed by atoms with Crippen molar-refractivity contribution in [3.05, 3.63) is 52.9 Å². The van der Waals surface area contributed by atoms with Gasteiger partial charge in [0, 0.05) is 10.7 Å². The van der Waals surface area contributed by atoms with Crippen molar-refractivity contribution in [3.8, 4) is 0 Å². The van der Waals surface area contributed by atoms with E-state index in [-0.39, 0.29) is 12.5 Å². The number of hydrogen-bond acceptors (Lipinski definition) is 3. The first-order valence-electron chi connectivity index (χ1n) is 6.31. The third-order valence-corrected chi connectivity index (χ3v) is 3.28. The van der Waals surface area contributed by atoms with Crippen molar-refractivity contribution >= 4 is 23.2 Å². The molecule has 1 N–H and O–H groups in total. The van der Waals surface area contributed by atoms with Crippen LogP contribution >= 0.6 is 11.6 Å². The number of anilines is 1. The van der Waals surface area contributed by atoms with Crippen molar-refractivity contribution in [2.24, 2.45) is 0 Å². The molecule has 0 saturated heterocycles. The number of hydrogen-bond donors (Lipinski definition) is 1. The van der Waals surface area contributed by atoms with Gasteiger partial charge in [-0.1, -0.05) is 17.7 Å². The number of aryl methyl sites for hydroxylation is 1. The molecule has 0 radical (unpaired) electrons. The molecule has 1 aromatic carbocycles. The molecule has 0 aliphatic heterocycles. The molecule has 5 heteroatoms. The minimum absolute atomic E-state index is 0.0843. The second-order valence-corrected chi connectivity index (χ2v) is 5.17. The molecule has 0 bridgehead atoms. The molecular weight excluding hydrogens is 276 g/mol. The number of furan rings is 1. The highest BCUT2D eigenvalue weighted by Crippen LogP contribution is 2.19. The van der Waals surface area contributed by atoms with Gasteiger partial charge in [-0.25, -0.2) is 0 Å². The van der Waals surface area contributed by atoms with E-state index in [4.69, 9.17) is 16.0 Å². The fourth-order valence-corrected chi connectivity index (χ4v) is 2.02. The van der Waals surface area contributed by atoms with E-state index in [9.17, 15) is 4.79 Å². The Morgan fingerprint density at radius 1 is 1.40 bits per heavy atom. The lowest BCUT2D eigenvalue weighted by molar-refractivity contribution is -0.117. The molecule has 0 aliphatic rings. The highest BCUT2D eigenvalue weighted by atomic mass is 35.5. The van der Waals surface area contributed by atoms with Crippen molar-refractivity contribution in [2.45, 2.75) is 13.5 Å². The van der Waals surface area contributed by atoms with Gasteiger partial charge in [-0.3, -0.25) is 9.69 Å². The van der Waals surface area contributed by atoms with Crippen LogP contribution in [0.3, 0.4) is 0 Å². The number of carbonyl (C=O) groups excluding carboxylic acids is 1. The summed E-state index contributed by atoms with van der Waals surface area (Å²) in [6.45, 7) is 2.80. The summed E-state index contributed by atoms with van der Waals surface area (Å²) < 4.78 is 5.24. The minimum Gasteiger partial charge on any atom is -0.468 e. The summed E-state index contributed by atoms with van der Waals surface area (Å²) in [7, 11) is 1.87. The summed E-state index contributed by atoms with van der Waals surface area (Å²) >= 11 is 6.02. The van der Waals surface area contributed by atoms with Gasteiger partial charge in [0.05, 0.1) is 19.4 Å². The molecule has 0 spiro atoms. The Morgan fingerprint density at radius 3 is 2.85 bits per heavy atom. The van der Waals surface area contributed by atoms with Gasteiger partial charge in [0.15, 0.2) is 0 Å². The molecule has 1 aromatic heterocycles. The van der Waals surface area contributed by atoms with Crippen molar-refractivity contribution in [1.29, 1.82) is 0 Å². The number of likely N-dealkylation sites (N-methyl/N-ethyl adjacent to an activating group) is 1. The van der Waals surface area contributed by atoms with Gasteiger partial charge >= 0.3 is 0 Å². The van der Waals surface area contributed by atoms with Crippen LogP contribution in [0, 0.1) is 6.92 Å². The zero-order valence-electron chi connectivity index (χ0n) is 11.5. The Bertz CT molecular complexity index is 582. The maximum Gasteiger partial charge on any atom is 0.238 e. The van der Waals surface area contributed by atoms with Crippen molar-refractivity contribution in [3.63, 3.8) is 0 Å². The van der Waals surface area contributed by atoms with Crippen LogP contribution in [0.5, 0.6) is 0 Å². The Labute approximate surface area is 123 Å². The molecule has 106 valence electrons. The van der Waals surface area contributed by atoms with Gasteiger partial charge in [0.1, 0.15) is 5.76 Å². The van der Waals surface area contributed by atoms with E-state index < -0.39 is 0 Å². The lowest BCUT2D eigenvalue weighted by Crippen LogP contribution is -2.29. The van der Waals surface area contributed by atoms with Gasteiger partial charge in [0.2, 0.25) is 5.91 Å². The normalized spacial score (nSPS) is 10.8. The standard InChI is InChI=1S/C15H17ClN2O2/c1-11-5-6-12(8-14(11)16)17-15(19)10-18(2)9-13-4-3-7-20-13/h3-8H,9-10H2,1-2H3,(H,17,19). The second kappa shape index (κ2) is 6.59. The number of halogens is 1. The summed E-state index contributed by atoms with van der Waals surface area (Å²) in [5.41, 5.74) is 1.69. The third kappa shape index (κ3) is 4.11. The maximum atomic E-state index is 11.9. The molecule has 2 rings (SSSR count). The van der Waals surface area contributed by atoms with E-state index in [0.717, 1.165) is 11.3 Å². The summed E-state index contributed by atoms with van der Waals surface area (Å²) in [6, 6.07) is 9.18. The third-order valence-electron chi connectivity index (χ3n) is 2.87. The highest BCUT2D eigenvalue weighted by molar-refractivity contribution is 6.31. The Hall–Kier alpha value is -1.78. The van der Waals surface area contributed by atoms with Gasteiger partial charge in [-0.15, -0.1) is 0 Å². The van der Waals surface area contributed by atoms with Crippen LogP contribution < -0.4 is 5.32 Å². The topological polar surface area (TPSA) is 45.5 Å². The van der Waals surface area contributed by atoms with E-state index in [1.54, 1.807) is 12.3 Å². The molecule has 2 aromatic rings. The van der Waals surface area contributed by atoms with Crippen LogP contribution in [-0.2, 0) is 11.3 Å². The maximum absolute atomic E-state index is 11.9. The van der Waals surface area contributed by atoms with Crippen LogP contribution in [0.1, 0.15) is 11.3 Å². The average Bonchev–Trinajstić information content (AvgIpc) is 2.86. The number of benzene rings is 1. The van der Waals surface area contributed by atoms with E-state index in [1.165, 1.54) is 0 Å². The predicted octanol–water partition coefficient (Wildman–Crippen LogP) is 3.31. The number of carbonyl (C=O) groups is 1. The molecule has 1 amide bonds. The zero-order chi connectivity index (χ0) is 14.5. The first-order valence-corrected chi connectivity index (χ1v) is 6.69. The van der Waals surface area contributed by atoms with Crippen LogP contribution in [-0.4, -0.2) is 24.4 Å². The Morgan fingerprint density at radius 2 is 2.20 bits per heavy atom. The molecule has 0 fully saturated rings. The van der Waals surface area contributed by atoms with Gasteiger partial charge in [0.25, 0.3) is 0 Å². The summed E-state index contributed by atoms with van der Waals surface area (Å²) in [5.74, 6) is 0.748. The molecule has 0 aliphatic carbocycles. The first-order chi connectivity index (χ1) is 9.54. The number of amides is 1. The SMILES string of the molecule is Cc1ccc(NC(=O)CN(C)Cc2ccco2)cc1Cl. The first kappa shape index (κ1) is 14.6. The fraction of sp³-hybridized carbons (Fsp3) is 0.267. The van der Waals surface area contributed by atoms with Gasteiger partial charge < -0.3 is 9.73 Å². The fourth-order valence-electron chi connectivity index (χ4n) is 1.84. The van der Waals surface area contributed by atoms with Gasteiger partial charge in [-0.05, 0) is 43.8 Å². The predicted molar refractivity (Wildman–Crippen MR) is 79.9 cm³/mol. The number of nitrogens with one attached hydrogen (secondary N) is 1. The second-order valence-electron chi connectivity index (χ2n) is 4.76. The molecule has 1 heterocycles. The number of rotatable bonds is 5. The van der Waals surface area contributed by atoms with Crippen LogP contribution in [0.2, 0.25) is 5.02 Å². The van der Waals surface area contributed by atoms with Gasteiger partial charge in [-0.2, -0.15) is 0 Å². The average molecular weight is 293 g/mol. The van der Waals surface area contributed by atoms with Crippen molar-refractivity contribution < 1.29 is 9.21 Å². The Kier molecular flexibility index (Phi) is 4.82. The molecular formula is C15H17ClN2O2. The van der Waals surface area contributed by atoms with E-state index in [0.29, 0.717) is 17.3 Å². The van der Waals surface area contributed by atoms with Crippen molar-refractivity contribution in [2.75, 3.05) is 18.9 Å². The quantitative estimate of drug-likeness (QED) is 0.919. The minimum atomic E-state index is -0.0843. The van der Waals surface area contributed by atoms with Crippen LogP contribution in [0.25, 0.3) is 0 Å². The lowest BCUT2D eigenvalue weighted by Gasteiger charge is -2.15. The molecule has 20 heavy (non-hydrogen) atoms. The summed E-state index contributed by atoms with van der Waals surface area (Å²) in [5, 5.41) is 3.47. The molecule has 4 nitrogen and oxygen atoms in total. The molecule has 0 unspecified atom stereocenters. The highest BCUT2D eigenvalue weighted by Gasteiger charge is 2.09. The smallest absolute Gasteiger partial charge is 0.238 e. The zero-order valence-corrected chi connectivity index (χ0v) is 12.3. The van der Waals surface area contributed by atoms with E-state index >= 15 is 0 Å². The molecule has 0 atom stereocenters. The monoisotopic (exact) mass is 292 g/mol. The summed E-state index contributed by atoms with van der Waals surface area (Å²) in [4.78, 5) is 13.8. The largest absolute Gasteiger partial charge is 0.468 e. The lowest BCUT2D eigenvalue weighted by atomic mass is 10.2. The van der Waals surface area contributed by atoms with Crippen LogP contribution in [0.4, 0.5) is 5.69 Å². The molecule has 0 saturated carbocycles. The Balaban J connectivity index is 1.87.